The van der Waals surface area contributed by atoms with Gasteiger partial charge in [0.1, 0.15) is 5.82 Å². The summed E-state index contributed by atoms with van der Waals surface area (Å²) >= 11 is 0. The van der Waals surface area contributed by atoms with Crippen LogP contribution in [0.4, 0.5) is 0 Å². The van der Waals surface area contributed by atoms with Crippen LogP contribution < -0.4 is 0 Å². The van der Waals surface area contributed by atoms with Crippen LogP contribution in [0.15, 0.2) is 18.2 Å². The number of amides is 1. The molecule has 2 aromatic rings. The van der Waals surface area contributed by atoms with Crippen molar-refractivity contribution >= 4 is 16.9 Å². The van der Waals surface area contributed by atoms with Gasteiger partial charge in [0.25, 0.3) is 0 Å². The highest BCUT2D eigenvalue weighted by atomic mass is 16.2. The van der Waals surface area contributed by atoms with Crippen molar-refractivity contribution in [2.45, 2.75) is 32.7 Å². The van der Waals surface area contributed by atoms with Gasteiger partial charge in [0.15, 0.2) is 0 Å². The van der Waals surface area contributed by atoms with Crippen LogP contribution in [0.3, 0.4) is 0 Å². The first-order valence-corrected chi connectivity index (χ1v) is 8.03. The van der Waals surface area contributed by atoms with Gasteiger partial charge in [-0.3, -0.25) is 9.69 Å². The first-order chi connectivity index (χ1) is 10.6. The summed E-state index contributed by atoms with van der Waals surface area (Å²) in [6.45, 7) is 5.46. The van der Waals surface area contributed by atoms with Gasteiger partial charge in [-0.15, -0.1) is 0 Å². The molecule has 2 heterocycles. The molecule has 0 saturated carbocycles. The van der Waals surface area contributed by atoms with Gasteiger partial charge in [-0.2, -0.15) is 0 Å². The van der Waals surface area contributed by atoms with Crippen molar-refractivity contribution in [3.63, 3.8) is 0 Å². The standard InChI is InChI=1S/C17H24N4O/c1-13-6-7-14-15(11-13)19-16(18-14)12-20(2)9-10-21-8-4-3-5-17(21)22/h6-7,11H,3-5,8-10,12H2,1-2H3,(H,18,19). The minimum absolute atomic E-state index is 0.305. The van der Waals surface area contributed by atoms with E-state index in [0.717, 1.165) is 55.9 Å². The molecule has 1 N–H and O–H groups in total. The first-order valence-electron chi connectivity index (χ1n) is 8.03. The molecule has 1 aliphatic heterocycles. The lowest BCUT2D eigenvalue weighted by atomic mass is 10.1. The third kappa shape index (κ3) is 3.47. The van der Waals surface area contributed by atoms with Crippen molar-refractivity contribution < 1.29 is 4.79 Å². The molecule has 0 atom stereocenters. The number of nitrogens with one attached hydrogen (secondary N) is 1. The van der Waals surface area contributed by atoms with Crippen molar-refractivity contribution in [1.29, 1.82) is 0 Å². The third-order valence-corrected chi connectivity index (χ3v) is 4.28. The predicted molar refractivity (Wildman–Crippen MR) is 87.6 cm³/mol. The van der Waals surface area contributed by atoms with Gasteiger partial charge in [-0.25, -0.2) is 4.98 Å². The fraction of sp³-hybridized carbons (Fsp3) is 0.529. The molecule has 0 aliphatic carbocycles. The lowest BCUT2D eigenvalue weighted by Crippen LogP contribution is -2.40. The number of likely N-dealkylation sites (N-methyl/N-ethyl adjacent to an activating group) is 1. The molecule has 0 unspecified atom stereocenters. The Morgan fingerprint density at radius 2 is 2.23 bits per heavy atom. The number of rotatable bonds is 5. The molecule has 0 bridgehead atoms. The average molecular weight is 300 g/mol. The maximum absolute atomic E-state index is 11.8. The van der Waals surface area contributed by atoms with E-state index in [4.69, 9.17) is 0 Å². The summed E-state index contributed by atoms with van der Waals surface area (Å²) in [7, 11) is 2.08. The number of imidazole rings is 1. The molecule has 3 rings (SSSR count). The summed E-state index contributed by atoms with van der Waals surface area (Å²) in [4.78, 5) is 24.0. The second-order valence-corrected chi connectivity index (χ2v) is 6.28. The molecule has 5 heteroatoms. The number of H-pyrrole nitrogens is 1. The van der Waals surface area contributed by atoms with Crippen molar-refractivity contribution in [2.24, 2.45) is 0 Å². The normalized spacial score (nSPS) is 16.0. The van der Waals surface area contributed by atoms with E-state index in [1.54, 1.807) is 0 Å². The van der Waals surface area contributed by atoms with E-state index in [-0.39, 0.29) is 0 Å². The van der Waals surface area contributed by atoms with Crippen LogP contribution in [-0.4, -0.2) is 52.4 Å². The Morgan fingerprint density at radius 3 is 3.05 bits per heavy atom. The van der Waals surface area contributed by atoms with Crippen molar-refractivity contribution in [2.75, 3.05) is 26.7 Å². The molecular formula is C17H24N4O. The number of piperidine rings is 1. The van der Waals surface area contributed by atoms with Crippen molar-refractivity contribution in [3.05, 3.63) is 29.6 Å². The molecular weight excluding hydrogens is 276 g/mol. The van der Waals surface area contributed by atoms with Gasteiger partial charge in [0, 0.05) is 26.1 Å². The number of hydrogen-bond acceptors (Lipinski definition) is 3. The number of carbonyl (C=O) groups is 1. The number of nitrogens with zero attached hydrogens (tertiary/aromatic N) is 3. The Balaban J connectivity index is 1.56. The Labute approximate surface area is 131 Å². The van der Waals surface area contributed by atoms with Gasteiger partial charge in [0.2, 0.25) is 5.91 Å². The molecule has 1 aromatic carbocycles. The maximum atomic E-state index is 11.8. The summed E-state index contributed by atoms with van der Waals surface area (Å²) in [5.74, 6) is 1.28. The second kappa shape index (κ2) is 6.48. The number of aromatic nitrogens is 2. The molecule has 1 fully saturated rings. The number of aryl methyl sites for hydroxylation is 1. The fourth-order valence-corrected chi connectivity index (χ4v) is 2.98. The molecule has 5 nitrogen and oxygen atoms in total. The third-order valence-electron chi connectivity index (χ3n) is 4.28. The molecule has 22 heavy (non-hydrogen) atoms. The summed E-state index contributed by atoms with van der Waals surface area (Å²) in [6, 6.07) is 6.26. The zero-order valence-electron chi connectivity index (χ0n) is 13.4. The minimum atomic E-state index is 0.305. The predicted octanol–water partition coefficient (Wildman–Crippen LogP) is 2.32. The van der Waals surface area contributed by atoms with Gasteiger partial charge in [-0.1, -0.05) is 6.07 Å². The Kier molecular flexibility index (Phi) is 4.43. The summed E-state index contributed by atoms with van der Waals surface area (Å²) in [6.07, 6.45) is 2.90. The Hall–Kier alpha value is -1.88. The van der Waals surface area contributed by atoms with E-state index in [1.165, 1.54) is 5.56 Å². The van der Waals surface area contributed by atoms with E-state index in [9.17, 15) is 4.79 Å². The van der Waals surface area contributed by atoms with E-state index >= 15 is 0 Å². The highest BCUT2D eigenvalue weighted by Crippen LogP contribution is 2.14. The summed E-state index contributed by atoms with van der Waals surface area (Å²) in [5.41, 5.74) is 3.34. The number of carbonyl (C=O) groups excluding carboxylic acids is 1. The van der Waals surface area contributed by atoms with Crippen LogP contribution >= 0.6 is 0 Å². The first kappa shape index (κ1) is 15.0. The molecule has 118 valence electrons. The number of benzene rings is 1. The second-order valence-electron chi connectivity index (χ2n) is 6.28. The molecule has 0 spiro atoms. The summed E-state index contributed by atoms with van der Waals surface area (Å²) in [5, 5.41) is 0. The summed E-state index contributed by atoms with van der Waals surface area (Å²) < 4.78 is 0. The van der Waals surface area contributed by atoms with Gasteiger partial charge in [-0.05, 0) is 44.5 Å². The van der Waals surface area contributed by atoms with Crippen molar-refractivity contribution in [3.8, 4) is 0 Å². The SMILES string of the molecule is Cc1ccc2nc(CN(C)CCN3CCCCC3=O)[nH]c2c1. The largest absolute Gasteiger partial charge is 0.341 e. The fourth-order valence-electron chi connectivity index (χ4n) is 2.98. The van der Waals surface area contributed by atoms with Crippen LogP contribution in [-0.2, 0) is 11.3 Å². The van der Waals surface area contributed by atoms with Crippen LogP contribution in [0.2, 0.25) is 0 Å². The van der Waals surface area contributed by atoms with Crippen LogP contribution in [0.25, 0.3) is 11.0 Å². The zero-order valence-corrected chi connectivity index (χ0v) is 13.4. The van der Waals surface area contributed by atoms with E-state index in [2.05, 4.69) is 47.0 Å². The topological polar surface area (TPSA) is 52.2 Å². The number of fused-ring (bicyclic) bond motifs is 1. The monoisotopic (exact) mass is 300 g/mol. The van der Waals surface area contributed by atoms with Gasteiger partial charge >= 0.3 is 0 Å². The average Bonchev–Trinajstić information content (AvgIpc) is 2.87. The van der Waals surface area contributed by atoms with Gasteiger partial charge < -0.3 is 9.88 Å². The van der Waals surface area contributed by atoms with Gasteiger partial charge in [0.05, 0.1) is 17.6 Å². The van der Waals surface area contributed by atoms with Crippen LogP contribution in [0.5, 0.6) is 0 Å². The molecule has 1 saturated heterocycles. The molecule has 1 aliphatic rings. The lowest BCUT2D eigenvalue weighted by Gasteiger charge is -2.28. The van der Waals surface area contributed by atoms with Crippen molar-refractivity contribution in [1.82, 2.24) is 19.8 Å². The number of likely N-dealkylation sites (tertiary alicyclic amines) is 1. The smallest absolute Gasteiger partial charge is 0.222 e. The van der Waals surface area contributed by atoms with E-state index in [0.29, 0.717) is 12.3 Å². The number of aromatic amines is 1. The lowest BCUT2D eigenvalue weighted by molar-refractivity contribution is -0.133. The Morgan fingerprint density at radius 1 is 1.36 bits per heavy atom. The van der Waals surface area contributed by atoms with E-state index < -0.39 is 0 Å². The molecule has 0 radical (unpaired) electrons. The van der Waals surface area contributed by atoms with E-state index in [1.807, 2.05) is 4.90 Å². The minimum Gasteiger partial charge on any atom is -0.341 e. The zero-order chi connectivity index (χ0) is 15.5. The highest BCUT2D eigenvalue weighted by molar-refractivity contribution is 5.77. The maximum Gasteiger partial charge on any atom is 0.222 e. The Bertz CT molecular complexity index is 664. The molecule has 1 amide bonds. The number of hydrogen-bond donors (Lipinski definition) is 1. The highest BCUT2D eigenvalue weighted by Gasteiger charge is 2.18. The quantitative estimate of drug-likeness (QED) is 0.922. The van der Waals surface area contributed by atoms with Crippen LogP contribution in [0, 0.1) is 6.92 Å². The van der Waals surface area contributed by atoms with Crippen LogP contribution in [0.1, 0.15) is 30.7 Å². The molecule has 1 aromatic heterocycles.